The van der Waals surface area contributed by atoms with Gasteiger partial charge in [-0.3, -0.25) is 0 Å². The summed E-state index contributed by atoms with van der Waals surface area (Å²) >= 11 is 0. The summed E-state index contributed by atoms with van der Waals surface area (Å²) in [6.45, 7) is 5.01. The second-order valence-corrected chi connectivity index (χ2v) is 2.18. The first-order chi connectivity index (χ1) is 4.27. The van der Waals surface area contributed by atoms with Crippen LogP contribution in [0.1, 0.15) is 13.8 Å². The maximum absolute atomic E-state index is 8.04. The van der Waals surface area contributed by atoms with Gasteiger partial charge in [-0.15, -0.1) is 0 Å². The SMILES string of the molecule is CC(C)CONCC#N. The monoisotopic (exact) mass is 128 g/mol. The molecule has 3 heteroatoms. The summed E-state index contributed by atoms with van der Waals surface area (Å²) in [7, 11) is 0. The van der Waals surface area contributed by atoms with Crippen LogP contribution >= 0.6 is 0 Å². The van der Waals surface area contributed by atoms with Crippen molar-refractivity contribution in [2.24, 2.45) is 5.92 Å². The van der Waals surface area contributed by atoms with Gasteiger partial charge in [0.25, 0.3) is 0 Å². The Hall–Kier alpha value is -0.590. The number of nitriles is 1. The molecule has 0 bridgehead atoms. The fraction of sp³-hybridized carbons (Fsp3) is 0.833. The van der Waals surface area contributed by atoms with Crippen molar-refractivity contribution in [2.45, 2.75) is 13.8 Å². The fourth-order valence-electron chi connectivity index (χ4n) is 0.309. The molecule has 52 valence electrons. The molecule has 0 aliphatic heterocycles. The quantitative estimate of drug-likeness (QED) is 0.344. The van der Waals surface area contributed by atoms with E-state index in [0.717, 1.165) is 0 Å². The van der Waals surface area contributed by atoms with Crippen LogP contribution in [0, 0.1) is 17.2 Å². The highest BCUT2D eigenvalue weighted by Gasteiger charge is 1.90. The number of hydroxylamine groups is 1. The van der Waals surface area contributed by atoms with Crippen molar-refractivity contribution in [1.82, 2.24) is 5.48 Å². The maximum atomic E-state index is 8.04. The summed E-state index contributed by atoms with van der Waals surface area (Å²) in [6, 6.07) is 1.91. The fourth-order valence-corrected chi connectivity index (χ4v) is 0.309. The van der Waals surface area contributed by atoms with Gasteiger partial charge < -0.3 is 4.84 Å². The Morgan fingerprint density at radius 1 is 1.67 bits per heavy atom. The Labute approximate surface area is 55.6 Å². The highest BCUT2D eigenvalue weighted by atomic mass is 16.6. The molecule has 0 fully saturated rings. The second kappa shape index (κ2) is 5.54. The van der Waals surface area contributed by atoms with E-state index in [0.29, 0.717) is 12.5 Å². The van der Waals surface area contributed by atoms with Crippen LogP contribution in [0.15, 0.2) is 0 Å². The van der Waals surface area contributed by atoms with Crippen LogP contribution in [-0.4, -0.2) is 13.2 Å². The van der Waals surface area contributed by atoms with Gasteiger partial charge in [-0.2, -0.15) is 10.7 Å². The normalized spacial score (nSPS) is 9.56. The zero-order valence-corrected chi connectivity index (χ0v) is 5.85. The first-order valence-electron chi connectivity index (χ1n) is 2.99. The van der Waals surface area contributed by atoms with Crippen LogP contribution in [0.2, 0.25) is 0 Å². The first-order valence-corrected chi connectivity index (χ1v) is 2.99. The van der Waals surface area contributed by atoms with E-state index in [-0.39, 0.29) is 6.54 Å². The molecule has 0 saturated carbocycles. The molecule has 0 amide bonds. The summed E-state index contributed by atoms with van der Waals surface area (Å²) < 4.78 is 0. The van der Waals surface area contributed by atoms with Crippen molar-refractivity contribution in [2.75, 3.05) is 13.2 Å². The molecule has 9 heavy (non-hydrogen) atoms. The van der Waals surface area contributed by atoms with Crippen molar-refractivity contribution in [3.8, 4) is 6.07 Å². The van der Waals surface area contributed by atoms with E-state index in [1.54, 1.807) is 0 Å². The lowest BCUT2D eigenvalue weighted by Gasteiger charge is -2.03. The standard InChI is InChI=1S/C6H12N2O/c1-6(2)5-9-8-4-3-7/h6,8H,4-5H2,1-2H3. The van der Waals surface area contributed by atoms with Gasteiger partial charge in [-0.05, 0) is 5.92 Å². The van der Waals surface area contributed by atoms with Crippen molar-refractivity contribution in [3.05, 3.63) is 0 Å². The van der Waals surface area contributed by atoms with Gasteiger partial charge in [-0.25, -0.2) is 0 Å². The van der Waals surface area contributed by atoms with Crippen molar-refractivity contribution < 1.29 is 4.84 Å². The zero-order chi connectivity index (χ0) is 7.11. The molecule has 0 heterocycles. The number of rotatable bonds is 4. The average Bonchev–Trinajstić information content (AvgIpc) is 1.80. The van der Waals surface area contributed by atoms with Gasteiger partial charge in [0.05, 0.1) is 12.7 Å². The molecule has 0 aliphatic rings. The van der Waals surface area contributed by atoms with Crippen LogP contribution < -0.4 is 5.48 Å². The minimum absolute atomic E-state index is 0.257. The largest absolute Gasteiger partial charge is 0.301 e. The smallest absolute Gasteiger partial charge is 0.108 e. The van der Waals surface area contributed by atoms with Crippen LogP contribution in [0.5, 0.6) is 0 Å². The molecule has 0 saturated heterocycles. The number of hydrogen-bond donors (Lipinski definition) is 1. The lowest BCUT2D eigenvalue weighted by Crippen LogP contribution is -2.17. The highest BCUT2D eigenvalue weighted by molar-refractivity contribution is 4.69. The van der Waals surface area contributed by atoms with Crippen molar-refractivity contribution in [3.63, 3.8) is 0 Å². The lowest BCUT2D eigenvalue weighted by molar-refractivity contribution is 0.0315. The lowest BCUT2D eigenvalue weighted by atomic mass is 10.2. The van der Waals surface area contributed by atoms with Crippen LogP contribution in [0.25, 0.3) is 0 Å². The summed E-state index contributed by atoms with van der Waals surface area (Å²) in [4.78, 5) is 4.86. The molecular weight excluding hydrogens is 116 g/mol. The third-order valence-corrected chi connectivity index (χ3v) is 0.670. The molecule has 0 aromatic carbocycles. The van der Waals surface area contributed by atoms with E-state index >= 15 is 0 Å². The zero-order valence-electron chi connectivity index (χ0n) is 5.85. The predicted molar refractivity (Wildman–Crippen MR) is 34.4 cm³/mol. The number of nitrogens with zero attached hydrogens (tertiary/aromatic N) is 1. The third-order valence-electron chi connectivity index (χ3n) is 0.670. The average molecular weight is 128 g/mol. The molecule has 0 rings (SSSR count). The van der Waals surface area contributed by atoms with Gasteiger partial charge >= 0.3 is 0 Å². The Morgan fingerprint density at radius 3 is 2.78 bits per heavy atom. The Kier molecular flexibility index (Phi) is 5.18. The van der Waals surface area contributed by atoms with Gasteiger partial charge in [0.1, 0.15) is 6.54 Å². The maximum Gasteiger partial charge on any atom is 0.108 e. The van der Waals surface area contributed by atoms with E-state index < -0.39 is 0 Å². The molecule has 3 nitrogen and oxygen atoms in total. The van der Waals surface area contributed by atoms with Crippen LogP contribution in [0.4, 0.5) is 0 Å². The number of nitrogens with one attached hydrogen (secondary N) is 1. The van der Waals surface area contributed by atoms with Gasteiger partial charge in [0.15, 0.2) is 0 Å². The molecule has 1 N–H and O–H groups in total. The van der Waals surface area contributed by atoms with Crippen molar-refractivity contribution >= 4 is 0 Å². The van der Waals surface area contributed by atoms with E-state index in [1.807, 2.05) is 19.9 Å². The molecular formula is C6H12N2O. The minimum Gasteiger partial charge on any atom is -0.301 e. The molecule has 0 aromatic heterocycles. The van der Waals surface area contributed by atoms with E-state index in [1.165, 1.54) is 0 Å². The van der Waals surface area contributed by atoms with E-state index in [4.69, 9.17) is 10.1 Å². The third kappa shape index (κ3) is 7.41. The summed E-state index contributed by atoms with van der Waals surface area (Å²) in [6.07, 6.45) is 0. The molecule has 0 atom stereocenters. The van der Waals surface area contributed by atoms with Gasteiger partial charge in [-0.1, -0.05) is 13.8 Å². The van der Waals surface area contributed by atoms with Gasteiger partial charge in [0.2, 0.25) is 0 Å². The van der Waals surface area contributed by atoms with E-state index in [9.17, 15) is 0 Å². The highest BCUT2D eigenvalue weighted by Crippen LogP contribution is 1.88. The topological polar surface area (TPSA) is 45.0 Å². The van der Waals surface area contributed by atoms with Crippen LogP contribution in [0.3, 0.4) is 0 Å². The number of hydrogen-bond acceptors (Lipinski definition) is 3. The van der Waals surface area contributed by atoms with Crippen molar-refractivity contribution in [1.29, 1.82) is 5.26 Å². The Bertz CT molecular complexity index is 95.7. The van der Waals surface area contributed by atoms with E-state index in [2.05, 4.69) is 5.48 Å². The second-order valence-electron chi connectivity index (χ2n) is 2.18. The summed E-state index contributed by atoms with van der Waals surface area (Å²) in [5.41, 5.74) is 2.51. The molecule has 0 aliphatic carbocycles. The molecule has 0 aromatic rings. The summed E-state index contributed by atoms with van der Waals surface area (Å²) in [5.74, 6) is 0.510. The first kappa shape index (κ1) is 8.41. The molecule has 0 unspecified atom stereocenters. The van der Waals surface area contributed by atoms with Crippen LogP contribution in [-0.2, 0) is 4.84 Å². The Morgan fingerprint density at radius 2 is 2.33 bits per heavy atom. The molecule has 0 radical (unpaired) electrons. The minimum atomic E-state index is 0.257. The predicted octanol–water partition coefficient (Wildman–Crippen LogP) is 0.687. The van der Waals surface area contributed by atoms with Gasteiger partial charge in [0, 0.05) is 0 Å². The molecule has 0 spiro atoms. The Balaban J connectivity index is 2.85. The summed E-state index contributed by atoms with van der Waals surface area (Å²) in [5, 5.41) is 8.04.